The fourth-order valence-corrected chi connectivity index (χ4v) is 1.80. The molecule has 0 aliphatic carbocycles. The van der Waals surface area contributed by atoms with Crippen LogP contribution in [-0.2, 0) is 0 Å². The molecule has 1 N–H and O–H groups in total. The van der Waals surface area contributed by atoms with E-state index in [2.05, 4.69) is 10.3 Å². The van der Waals surface area contributed by atoms with Crippen molar-refractivity contribution < 1.29 is 4.79 Å². The van der Waals surface area contributed by atoms with Gasteiger partial charge in [0.2, 0.25) is 0 Å². The Balaban J connectivity index is 2.04. The molecule has 5 heteroatoms. The van der Waals surface area contributed by atoms with Crippen LogP contribution in [0.3, 0.4) is 0 Å². The van der Waals surface area contributed by atoms with Crippen molar-refractivity contribution in [1.82, 2.24) is 4.98 Å². The molecule has 1 aromatic heterocycles. The van der Waals surface area contributed by atoms with Crippen LogP contribution >= 0.6 is 11.3 Å². The molecular weight excluding hydrogens is 222 g/mol. The van der Waals surface area contributed by atoms with Gasteiger partial charge < -0.3 is 5.32 Å². The number of nitrogens with zero attached hydrogens (tertiary/aromatic N) is 2. The van der Waals surface area contributed by atoms with E-state index in [1.807, 2.05) is 35.7 Å². The number of anilines is 2. The third-order valence-electron chi connectivity index (χ3n) is 2.04. The molecule has 4 nitrogen and oxygen atoms in total. The van der Waals surface area contributed by atoms with Crippen LogP contribution in [0.5, 0.6) is 0 Å². The Kier molecular flexibility index (Phi) is 3.16. The topological polar surface area (TPSA) is 45.2 Å². The van der Waals surface area contributed by atoms with Crippen LogP contribution in [0.1, 0.15) is 0 Å². The van der Waals surface area contributed by atoms with E-state index in [1.165, 1.54) is 16.2 Å². The zero-order valence-electron chi connectivity index (χ0n) is 8.75. The number of carbonyl (C=O) groups is 1. The molecule has 2 aromatic rings. The first kappa shape index (κ1) is 10.6. The molecule has 1 heterocycles. The van der Waals surface area contributed by atoms with E-state index in [-0.39, 0.29) is 6.03 Å². The summed E-state index contributed by atoms with van der Waals surface area (Å²) < 4.78 is 0. The first-order valence-corrected chi connectivity index (χ1v) is 5.64. The SMILES string of the molecule is CN(C(=O)Nc1ccccc1)c1nccs1. The largest absolute Gasteiger partial charge is 0.327 e. The molecular formula is C11H11N3OS. The summed E-state index contributed by atoms with van der Waals surface area (Å²) in [5.41, 5.74) is 0.774. The van der Waals surface area contributed by atoms with Crippen LogP contribution in [-0.4, -0.2) is 18.1 Å². The monoisotopic (exact) mass is 233 g/mol. The van der Waals surface area contributed by atoms with Gasteiger partial charge in [-0.05, 0) is 12.1 Å². The minimum Gasteiger partial charge on any atom is -0.307 e. The maximum Gasteiger partial charge on any atom is 0.327 e. The highest BCUT2D eigenvalue weighted by Gasteiger charge is 2.12. The third-order valence-corrected chi connectivity index (χ3v) is 2.88. The summed E-state index contributed by atoms with van der Waals surface area (Å²) in [6.07, 6.45) is 1.67. The van der Waals surface area contributed by atoms with E-state index in [9.17, 15) is 4.79 Å². The molecule has 0 bridgehead atoms. The summed E-state index contributed by atoms with van der Waals surface area (Å²) in [5.74, 6) is 0. The van der Waals surface area contributed by atoms with Crippen LogP contribution in [0.2, 0.25) is 0 Å². The van der Waals surface area contributed by atoms with E-state index >= 15 is 0 Å². The second-order valence-corrected chi connectivity index (χ2v) is 4.04. The van der Waals surface area contributed by atoms with Crippen LogP contribution in [0.25, 0.3) is 0 Å². The Morgan fingerprint density at radius 1 is 1.38 bits per heavy atom. The first-order chi connectivity index (χ1) is 7.77. The van der Waals surface area contributed by atoms with Crippen LogP contribution in [0, 0.1) is 0 Å². The van der Waals surface area contributed by atoms with Crippen molar-refractivity contribution in [2.24, 2.45) is 0 Å². The smallest absolute Gasteiger partial charge is 0.307 e. The normalized spacial score (nSPS) is 9.81. The number of urea groups is 1. The van der Waals surface area contributed by atoms with E-state index in [0.717, 1.165) is 5.69 Å². The Morgan fingerprint density at radius 2 is 2.12 bits per heavy atom. The molecule has 82 valence electrons. The van der Waals surface area contributed by atoms with E-state index in [0.29, 0.717) is 5.13 Å². The molecule has 2 rings (SSSR count). The molecule has 0 fully saturated rings. The number of thiazole rings is 1. The minimum absolute atomic E-state index is 0.193. The fraction of sp³-hybridized carbons (Fsp3) is 0.0909. The van der Waals surface area contributed by atoms with E-state index in [1.54, 1.807) is 13.2 Å². The zero-order valence-corrected chi connectivity index (χ0v) is 9.57. The summed E-state index contributed by atoms with van der Waals surface area (Å²) in [6, 6.07) is 9.14. The second kappa shape index (κ2) is 4.76. The van der Waals surface area contributed by atoms with Gasteiger partial charge in [0.05, 0.1) is 0 Å². The van der Waals surface area contributed by atoms with Crippen molar-refractivity contribution in [3.05, 3.63) is 41.9 Å². The van der Waals surface area contributed by atoms with E-state index in [4.69, 9.17) is 0 Å². The molecule has 0 saturated carbocycles. The Labute approximate surface area is 97.5 Å². The number of para-hydroxylation sites is 1. The molecule has 16 heavy (non-hydrogen) atoms. The number of nitrogens with one attached hydrogen (secondary N) is 1. The highest BCUT2D eigenvalue weighted by Crippen LogP contribution is 2.16. The van der Waals surface area contributed by atoms with Gasteiger partial charge in [-0.2, -0.15) is 0 Å². The fourth-order valence-electron chi connectivity index (χ4n) is 1.20. The molecule has 0 atom stereocenters. The lowest BCUT2D eigenvalue weighted by Crippen LogP contribution is -2.30. The van der Waals surface area contributed by atoms with Gasteiger partial charge in [-0.15, -0.1) is 11.3 Å². The Hall–Kier alpha value is -1.88. The van der Waals surface area contributed by atoms with Gasteiger partial charge in [-0.25, -0.2) is 9.78 Å². The average Bonchev–Trinajstić information content (AvgIpc) is 2.83. The third kappa shape index (κ3) is 2.38. The van der Waals surface area contributed by atoms with Gasteiger partial charge in [-0.1, -0.05) is 18.2 Å². The summed E-state index contributed by atoms with van der Waals surface area (Å²) in [6.45, 7) is 0. The van der Waals surface area contributed by atoms with Crippen molar-refractivity contribution in [2.75, 3.05) is 17.3 Å². The highest BCUT2D eigenvalue weighted by molar-refractivity contribution is 7.13. The van der Waals surface area contributed by atoms with E-state index < -0.39 is 0 Å². The van der Waals surface area contributed by atoms with Crippen LogP contribution < -0.4 is 10.2 Å². The second-order valence-electron chi connectivity index (χ2n) is 3.17. The maximum atomic E-state index is 11.8. The van der Waals surface area contributed by atoms with Gasteiger partial charge in [0.15, 0.2) is 5.13 Å². The van der Waals surface area contributed by atoms with Crippen molar-refractivity contribution in [3.8, 4) is 0 Å². The van der Waals surface area contributed by atoms with Crippen LogP contribution in [0.4, 0.5) is 15.6 Å². The van der Waals surface area contributed by atoms with Gasteiger partial charge in [-0.3, -0.25) is 4.90 Å². The van der Waals surface area contributed by atoms with Crippen LogP contribution in [0.15, 0.2) is 41.9 Å². The predicted octanol–water partition coefficient (Wildman–Crippen LogP) is 2.81. The quantitative estimate of drug-likeness (QED) is 0.866. The summed E-state index contributed by atoms with van der Waals surface area (Å²) in [5, 5.41) is 5.29. The predicted molar refractivity (Wildman–Crippen MR) is 66.0 cm³/mol. The number of hydrogen-bond donors (Lipinski definition) is 1. The molecule has 0 aliphatic heterocycles. The number of rotatable bonds is 2. The summed E-state index contributed by atoms with van der Waals surface area (Å²) in [4.78, 5) is 17.3. The molecule has 2 amide bonds. The number of carbonyl (C=O) groups excluding carboxylic acids is 1. The lowest BCUT2D eigenvalue weighted by atomic mass is 10.3. The van der Waals surface area contributed by atoms with Crippen molar-refractivity contribution in [1.29, 1.82) is 0 Å². The average molecular weight is 233 g/mol. The number of amides is 2. The maximum absolute atomic E-state index is 11.8. The molecule has 0 radical (unpaired) electrons. The lowest BCUT2D eigenvalue weighted by molar-refractivity contribution is 0.258. The summed E-state index contributed by atoms with van der Waals surface area (Å²) in [7, 11) is 1.69. The number of hydrogen-bond acceptors (Lipinski definition) is 3. The molecule has 1 aromatic carbocycles. The standard InChI is InChI=1S/C11H11N3OS/c1-14(11-12-7-8-16-11)10(15)13-9-5-3-2-4-6-9/h2-8H,1H3,(H,13,15). The van der Waals surface area contributed by atoms with Gasteiger partial charge >= 0.3 is 6.03 Å². The Morgan fingerprint density at radius 3 is 2.75 bits per heavy atom. The van der Waals surface area contributed by atoms with Gasteiger partial charge in [0.1, 0.15) is 0 Å². The molecule has 0 saturated heterocycles. The summed E-state index contributed by atoms with van der Waals surface area (Å²) >= 11 is 1.42. The lowest BCUT2D eigenvalue weighted by Gasteiger charge is -2.14. The Bertz CT molecular complexity index is 455. The van der Waals surface area contributed by atoms with Crippen molar-refractivity contribution >= 4 is 28.2 Å². The minimum atomic E-state index is -0.193. The number of benzene rings is 1. The van der Waals surface area contributed by atoms with Crippen molar-refractivity contribution in [2.45, 2.75) is 0 Å². The first-order valence-electron chi connectivity index (χ1n) is 4.76. The van der Waals surface area contributed by atoms with Crippen molar-refractivity contribution in [3.63, 3.8) is 0 Å². The molecule has 0 aliphatic rings. The molecule has 0 spiro atoms. The number of aromatic nitrogens is 1. The van der Waals surface area contributed by atoms with Gasteiger partial charge in [0.25, 0.3) is 0 Å². The molecule has 0 unspecified atom stereocenters. The highest BCUT2D eigenvalue weighted by atomic mass is 32.1. The zero-order chi connectivity index (χ0) is 11.4. The van der Waals surface area contributed by atoms with Gasteiger partial charge in [0, 0.05) is 24.3 Å².